The molecule has 21 heavy (non-hydrogen) atoms. The number of rotatable bonds is 2. The van der Waals surface area contributed by atoms with Crippen molar-refractivity contribution in [3.8, 4) is 0 Å². The van der Waals surface area contributed by atoms with Gasteiger partial charge in [0.25, 0.3) is 5.91 Å². The number of nitrogens with zero attached hydrogens (tertiary/aromatic N) is 2. The molecule has 1 amide bonds. The molecule has 0 fully saturated rings. The third-order valence-corrected chi connectivity index (χ3v) is 3.78. The minimum atomic E-state index is -0.188. The van der Waals surface area contributed by atoms with E-state index in [1.165, 1.54) is 0 Å². The zero-order valence-electron chi connectivity index (χ0n) is 12.3. The second kappa shape index (κ2) is 5.05. The van der Waals surface area contributed by atoms with Gasteiger partial charge in [-0.15, -0.1) is 0 Å². The quantitative estimate of drug-likeness (QED) is 0.780. The number of imidazole rings is 1. The summed E-state index contributed by atoms with van der Waals surface area (Å²) in [4.78, 5) is 16.7. The topological polar surface area (TPSA) is 46.4 Å². The number of nitrogens with one attached hydrogen (secondary N) is 1. The van der Waals surface area contributed by atoms with Gasteiger partial charge >= 0.3 is 0 Å². The predicted octanol–water partition coefficient (Wildman–Crippen LogP) is 3.51. The summed E-state index contributed by atoms with van der Waals surface area (Å²) in [5.41, 5.74) is 5.30. The predicted molar refractivity (Wildman–Crippen MR) is 83.8 cm³/mol. The van der Waals surface area contributed by atoms with Crippen LogP contribution >= 0.6 is 0 Å². The molecule has 0 bridgehead atoms. The number of hydrogen-bond donors (Lipinski definition) is 1. The number of hydrogen-bond acceptors (Lipinski definition) is 2. The third kappa shape index (κ3) is 2.40. The fraction of sp³-hybridized carbons (Fsp3) is 0.176. The number of pyridine rings is 1. The molecule has 0 aliphatic rings. The molecule has 0 saturated heterocycles. The Bertz CT molecular complexity index is 833. The molecule has 2 aromatic heterocycles. The van der Waals surface area contributed by atoms with Gasteiger partial charge in [0.05, 0.1) is 0 Å². The molecule has 3 rings (SSSR count). The molecule has 0 radical (unpaired) electrons. The fourth-order valence-corrected chi connectivity index (χ4v) is 2.33. The van der Waals surface area contributed by atoms with Gasteiger partial charge in [-0.2, -0.15) is 0 Å². The summed E-state index contributed by atoms with van der Waals surface area (Å²) in [5, 5.41) is 2.93. The number of carbonyl (C=O) groups is 1. The smallest absolute Gasteiger partial charge is 0.275 e. The van der Waals surface area contributed by atoms with Crippen molar-refractivity contribution in [1.82, 2.24) is 9.38 Å². The van der Waals surface area contributed by atoms with E-state index >= 15 is 0 Å². The average molecular weight is 279 g/mol. The normalized spacial score (nSPS) is 10.8. The van der Waals surface area contributed by atoms with Gasteiger partial charge in [-0.3, -0.25) is 4.79 Å². The van der Waals surface area contributed by atoms with Gasteiger partial charge in [-0.1, -0.05) is 18.2 Å². The van der Waals surface area contributed by atoms with Crippen LogP contribution in [0.1, 0.15) is 27.3 Å². The molecule has 0 atom stereocenters. The summed E-state index contributed by atoms with van der Waals surface area (Å²) >= 11 is 0. The summed E-state index contributed by atoms with van der Waals surface area (Å²) < 4.78 is 1.91. The van der Waals surface area contributed by atoms with Crippen LogP contribution in [0.15, 0.2) is 42.6 Å². The Morgan fingerprint density at radius 3 is 2.62 bits per heavy atom. The molecule has 4 heteroatoms. The molecule has 0 saturated carbocycles. The monoisotopic (exact) mass is 279 g/mol. The lowest BCUT2D eigenvalue weighted by molar-refractivity contribution is 0.102. The van der Waals surface area contributed by atoms with Crippen LogP contribution in [0.4, 0.5) is 5.69 Å². The molecule has 1 N–H and O–H groups in total. The zero-order chi connectivity index (χ0) is 15.0. The molecule has 2 heterocycles. The average Bonchev–Trinajstić information content (AvgIpc) is 2.89. The molecular formula is C17H17N3O. The first-order chi connectivity index (χ1) is 10.1. The lowest BCUT2D eigenvalue weighted by Crippen LogP contribution is -2.13. The molecule has 1 aromatic carbocycles. The van der Waals surface area contributed by atoms with E-state index in [9.17, 15) is 4.79 Å². The molecular weight excluding hydrogens is 262 g/mol. The van der Waals surface area contributed by atoms with Gasteiger partial charge in [0.1, 0.15) is 11.3 Å². The van der Waals surface area contributed by atoms with Crippen LogP contribution in [0.3, 0.4) is 0 Å². The van der Waals surface area contributed by atoms with Crippen molar-refractivity contribution < 1.29 is 4.79 Å². The van der Waals surface area contributed by atoms with Gasteiger partial charge in [-0.05, 0) is 50.1 Å². The summed E-state index contributed by atoms with van der Waals surface area (Å²) in [7, 11) is 0. The summed E-state index contributed by atoms with van der Waals surface area (Å²) in [6.45, 7) is 6.01. The molecule has 3 aromatic rings. The maximum atomic E-state index is 12.4. The highest BCUT2D eigenvalue weighted by atomic mass is 16.1. The largest absolute Gasteiger partial charge is 0.320 e. The maximum Gasteiger partial charge on any atom is 0.275 e. The van der Waals surface area contributed by atoms with E-state index in [-0.39, 0.29) is 5.91 Å². The SMILES string of the molecule is Cc1cccc(NC(=O)c2cn3c(C)cccc3n2)c1C. The molecule has 106 valence electrons. The van der Waals surface area contributed by atoms with Gasteiger partial charge < -0.3 is 9.72 Å². The van der Waals surface area contributed by atoms with Crippen molar-refractivity contribution >= 4 is 17.2 Å². The van der Waals surface area contributed by atoms with E-state index in [1.807, 2.05) is 61.6 Å². The van der Waals surface area contributed by atoms with Gasteiger partial charge in [0.15, 0.2) is 0 Å². The standard InChI is InChI=1S/C17H17N3O/c1-11-6-4-8-14(13(11)3)19-17(21)15-10-20-12(2)7-5-9-16(20)18-15/h4-10H,1-3H3,(H,19,21). The molecule has 0 aliphatic heterocycles. The Morgan fingerprint density at radius 2 is 1.86 bits per heavy atom. The molecule has 0 aliphatic carbocycles. The molecule has 0 unspecified atom stereocenters. The lowest BCUT2D eigenvalue weighted by atomic mass is 10.1. The van der Waals surface area contributed by atoms with Crippen LogP contribution < -0.4 is 5.32 Å². The van der Waals surface area contributed by atoms with Gasteiger partial charge in [-0.25, -0.2) is 4.98 Å². The van der Waals surface area contributed by atoms with E-state index in [0.717, 1.165) is 28.2 Å². The Balaban J connectivity index is 1.94. The highest BCUT2D eigenvalue weighted by Crippen LogP contribution is 2.19. The number of anilines is 1. The van der Waals surface area contributed by atoms with Crippen LogP contribution in [-0.2, 0) is 0 Å². The van der Waals surface area contributed by atoms with Crippen molar-refractivity contribution in [2.24, 2.45) is 0 Å². The van der Waals surface area contributed by atoms with E-state index in [0.29, 0.717) is 5.69 Å². The van der Waals surface area contributed by atoms with Crippen LogP contribution in [0, 0.1) is 20.8 Å². The number of benzene rings is 1. The minimum absolute atomic E-state index is 0.188. The number of carbonyl (C=O) groups excluding carboxylic acids is 1. The van der Waals surface area contributed by atoms with E-state index in [2.05, 4.69) is 10.3 Å². The van der Waals surface area contributed by atoms with Crippen LogP contribution in [0.5, 0.6) is 0 Å². The van der Waals surface area contributed by atoms with Crippen LogP contribution in [0.2, 0.25) is 0 Å². The highest BCUT2D eigenvalue weighted by molar-refractivity contribution is 6.03. The number of amides is 1. The van der Waals surface area contributed by atoms with Crippen molar-refractivity contribution in [2.45, 2.75) is 20.8 Å². The maximum absolute atomic E-state index is 12.4. The number of fused-ring (bicyclic) bond motifs is 1. The van der Waals surface area contributed by atoms with Crippen molar-refractivity contribution in [3.63, 3.8) is 0 Å². The minimum Gasteiger partial charge on any atom is -0.320 e. The van der Waals surface area contributed by atoms with Crippen molar-refractivity contribution in [3.05, 3.63) is 65.1 Å². The first kappa shape index (κ1) is 13.4. The lowest BCUT2D eigenvalue weighted by Gasteiger charge is -2.08. The first-order valence-electron chi connectivity index (χ1n) is 6.88. The Morgan fingerprint density at radius 1 is 1.10 bits per heavy atom. The van der Waals surface area contributed by atoms with E-state index in [4.69, 9.17) is 0 Å². The second-order valence-electron chi connectivity index (χ2n) is 5.22. The molecule has 0 spiro atoms. The molecule has 4 nitrogen and oxygen atoms in total. The number of aryl methyl sites for hydroxylation is 2. The van der Waals surface area contributed by atoms with Crippen LogP contribution in [0.25, 0.3) is 5.65 Å². The van der Waals surface area contributed by atoms with E-state index < -0.39 is 0 Å². The van der Waals surface area contributed by atoms with Crippen LogP contribution in [-0.4, -0.2) is 15.3 Å². The third-order valence-electron chi connectivity index (χ3n) is 3.78. The van der Waals surface area contributed by atoms with E-state index in [1.54, 1.807) is 6.20 Å². The van der Waals surface area contributed by atoms with Gasteiger partial charge in [0, 0.05) is 17.6 Å². The van der Waals surface area contributed by atoms with Crippen molar-refractivity contribution in [2.75, 3.05) is 5.32 Å². The first-order valence-corrected chi connectivity index (χ1v) is 6.88. The Labute approximate surface area is 123 Å². The second-order valence-corrected chi connectivity index (χ2v) is 5.22. The van der Waals surface area contributed by atoms with Crippen molar-refractivity contribution in [1.29, 1.82) is 0 Å². The Hall–Kier alpha value is -2.62. The van der Waals surface area contributed by atoms with Gasteiger partial charge in [0.2, 0.25) is 0 Å². The summed E-state index contributed by atoms with van der Waals surface area (Å²) in [6.07, 6.45) is 1.77. The summed E-state index contributed by atoms with van der Waals surface area (Å²) in [6, 6.07) is 11.7. The number of aromatic nitrogens is 2. The summed E-state index contributed by atoms with van der Waals surface area (Å²) in [5.74, 6) is -0.188. The Kier molecular flexibility index (Phi) is 3.22. The fourth-order valence-electron chi connectivity index (χ4n) is 2.33. The zero-order valence-corrected chi connectivity index (χ0v) is 12.3. The highest BCUT2D eigenvalue weighted by Gasteiger charge is 2.13.